The number of carbonyl (C=O) groups is 1. The molecule has 2 heterocycles. The average molecular weight is 511 g/mol. The number of para-hydroxylation sites is 1. The van der Waals surface area contributed by atoms with E-state index in [2.05, 4.69) is 45.7 Å². The third-order valence-corrected chi connectivity index (χ3v) is 8.46. The summed E-state index contributed by atoms with van der Waals surface area (Å²) in [6, 6.07) is 14.0. The number of rotatable bonds is 9. The maximum Gasteiger partial charge on any atom is 0.243 e. The first-order chi connectivity index (χ1) is 17.1. The van der Waals surface area contributed by atoms with E-state index in [1.165, 1.54) is 61.8 Å². The van der Waals surface area contributed by atoms with E-state index >= 15 is 0 Å². The number of hydrogen-bond acceptors (Lipinski definition) is 2. The van der Waals surface area contributed by atoms with Gasteiger partial charge in [-0.1, -0.05) is 47.5 Å². The summed E-state index contributed by atoms with van der Waals surface area (Å²) in [6.07, 6.45) is 11.7. The molecule has 5 rings (SSSR count). The molecule has 1 saturated carbocycles. The number of nitrogens with one attached hydrogen (secondary N) is 2. The molecule has 2 aliphatic rings. The Labute approximate surface area is 217 Å². The van der Waals surface area contributed by atoms with E-state index in [9.17, 15) is 4.79 Å². The Morgan fingerprint density at radius 1 is 1.06 bits per heavy atom. The van der Waals surface area contributed by atoms with Gasteiger partial charge in [-0.3, -0.25) is 4.79 Å². The zero-order valence-electron chi connectivity index (χ0n) is 20.0. The molecule has 2 atom stereocenters. The van der Waals surface area contributed by atoms with Gasteiger partial charge in [-0.2, -0.15) is 0 Å². The molecule has 2 fully saturated rings. The number of H-pyrrole nitrogens is 1. The SMILES string of the molecule is O=C(/C=C/c1ccc(Cl)c(Cl)c1)NCC[C@@H]1C[C@H]1CCN1CCC(c2c[nH]c3ccccc23)CC1. The van der Waals surface area contributed by atoms with E-state index in [0.717, 1.165) is 30.4 Å². The molecule has 1 saturated heterocycles. The van der Waals surface area contributed by atoms with Crippen LogP contribution in [0.2, 0.25) is 10.0 Å². The van der Waals surface area contributed by atoms with E-state index in [-0.39, 0.29) is 5.91 Å². The van der Waals surface area contributed by atoms with Crippen LogP contribution in [0, 0.1) is 11.8 Å². The van der Waals surface area contributed by atoms with Gasteiger partial charge in [0.25, 0.3) is 0 Å². The number of aromatic amines is 1. The fourth-order valence-electron chi connectivity index (χ4n) is 5.49. The smallest absolute Gasteiger partial charge is 0.243 e. The van der Waals surface area contributed by atoms with Gasteiger partial charge in [-0.25, -0.2) is 0 Å². The summed E-state index contributed by atoms with van der Waals surface area (Å²) in [5.41, 5.74) is 3.61. The van der Waals surface area contributed by atoms with Crippen LogP contribution in [-0.4, -0.2) is 42.0 Å². The molecule has 3 aromatic rings. The van der Waals surface area contributed by atoms with Gasteiger partial charge >= 0.3 is 0 Å². The van der Waals surface area contributed by atoms with Crippen LogP contribution in [0.1, 0.15) is 49.1 Å². The molecule has 0 radical (unpaired) electrons. The predicted octanol–water partition coefficient (Wildman–Crippen LogP) is 6.90. The Kier molecular flexibility index (Phi) is 7.81. The summed E-state index contributed by atoms with van der Waals surface area (Å²) in [5, 5.41) is 5.41. The third-order valence-electron chi connectivity index (χ3n) is 7.72. The second-order valence-electron chi connectivity index (χ2n) is 10.0. The van der Waals surface area contributed by atoms with Crippen LogP contribution in [0.3, 0.4) is 0 Å². The Morgan fingerprint density at radius 3 is 2.69 bits per heavy atom. The van der Waals surface area contributed by atoms with E-state index in [1.54, 1.807) is 24.3 Å². The molecule has 0 unspecified atom stereocenters. The lowest BCUT2D eigenvalue weighted by Gasteiger charge is -2.32. The van der Waals surface area contributed by atoms with Crippen LogP contribution in [0.4, 0.5) is 0 Å². The molecule has 184 valence electrons. The number of halogens is 2. The van der Waals surface area contributed by atoms with E-state index in [1.807, 2.05) is 6.07 Å². The van der Waals surface area contributed by atoms with Gasteiger partial charge < -0.3 is 15.2 Å². The van der Waals surface area contributed by atoms with Crippen molar-refractivity contribution in [1.82, 2.24) is 15.2 Å². The predicted molar refractivity (Wildman–Crippen MR) is 146 cm³/mol. The maximum atomic E-state index is 12.1. The van der Waals surface area contributed by atoms with Crippen molar-refractivity contribution in [2.75, 3.05) is 26.2 Å². The molecule has 1 amide bonds. The standard InChI is InChI=1S/C29H33Cl2N3O/c30-26-7-5-20(17-27(26)31)6-8-29(35)32-13-9-22-18-23(22)12-16-34-14-10-21(11-15-34)25-19-33-28-4-2-1-3-24(25)28/h1-8,17,19,21-23,33H,9-16,18H2,(H,32,35)/b8-6+/t22-,23-/m1/s1. The number of likely N-dealkylation sites (tertiary alicyclic amines) is 1. The third kappa shape index (κ3) is 6.30. The lowest BCUT2D eigenvalue weighted by Crippen LogP contribution is -2.33. The van der Waals surface area contributed by atoms with Gasteiger partial charge in [0.15, 0.2) is 0 Å². The van der Waals surface area contributed by atoms with Crippen molar-refractivity contribution in [3.63, 3.8) is 0 Å². The van der Waals surface area contributed by atoms with Crippen molar-refractivity contribution < 1.29 is 4.79 Å². The summed E-state index contributed by atoms with van der Waals surface area (Å²) >= 11 is 11.9. The minimum Gasteiger partial charge on any atom is -0.361 e. The van der Waals surface area contributed by atoms with E-state index in [0.29, 0.717) is 16.0 Å². The average Bonchev–Trinajstić information content (AvgIpc) is 3.48. The second kappa shape index (κ2) is 11.2. The first kappa shape index (κ1) is 24.4. The Bertz CT molecular complexity index is 1200. The number of benzene rings is 2. The molecule has 2 aromatic carbocycles. The van der Waals surface area contributed by atoms with Crippen molar-refractivity contribution in [2.45, 2.75) is 38.0 Å². The highest BCUT2D eigenvalue weighted by atomic mass is 35.5. The van der Waals surface area contributed by atoms with E-state index in [4.69, 9.17) is 23.2 Å². The van der Waals surface area contributed by atoms with E-state index < -0.39 is 0 Å². The molecule has 6 heteroatoms. The Hall–Kier alpha value is -2.27. The van der Waals surface area contributed by atoms with Gasteiger partial charge in [0.2, 0.25) is 5.91 Å². The molecule has 1 aliphatic heterocycles. The van der Waals surface area contributed by atoms with Crippen molar-refractivity contribution in [3.05, 3.63) is 75.9 Å². The molecule has 4 nitrogen and oxygen atoms in total. The highest BCUT2D eigenvalue weighted by Gasteiger charge is 2.36. The lowest BCUT2D eigenvalue weighted by molar-refractivity contribution is -0.116. The molecular formula is C29H33Cl2N3O. The van der Waals surface area contributed by atoms with Crippen LogP contribution in [0.15, 0.2) is 54.7 Å². The zero-order chi connectivity index (χ0) is 24.2. The molecular weight excluding hydrogens is 477 g/mol. The molecule has 2 N–H and O–H groups in total. The maximum absolute atomic E-state index is 12.1. The zero-order valence-corrected chi connectivity index (χ0v) is 21.5. The number of hydrogen-bond donors (Lipinski definition) is 2. The fourth-order valence-corrected chi connectivity index (χ4v) is 5.80. The summed E-state index contributed by atoms with van der Waals surface area (Å²) in [7, 11) is 0. The fraction of sp³-hybridized carbons (Fsp3) is 0.414. The van der Waals surface area contributed by atoms with Crippen molar-refractivity contribution in [2.24, 2.45) is 11.8 Å². The minimum absolute atomic E-state index is 0.0636. The highest BCUT2D eigenvalue weighted by molar-refractivity contribution is 6.42. The summed E-state index contributed by atoms with van der Waals surface area (Å²) in [6.45, 7) is 4.34. The lowest BCUT2D eigenvalue weighted by atomic mass is 9.89. The molecule has 1 aliphatic carbocycles. The Morgan fingerprint density at radius 2 is 1.86 bits per heavy atom. The minimum atomic E-state index is -0.0636. The summed E-state index contributed by atoms with van der Waals surface area (Å²) in [5.74, 6) is 2.19. The molecule has 0 spiro atoms. The number of nitrogens with zero attached hydrogens (tertiary/aromatic N) is 1. The normalized spacial score (nSPS) is 21.1. The van der Waals surface area contributed by atoms with Crippen LogP contribution in [0.25, 0.3) is 17.0 Å². The van der Waals surface area contributed by atoms with Crippen molar-refractivity contribution >= 4 is 46.1 Å². The largest absolute Gasteiger partial charge is 0.361 e. The van der Waals surface area contributed by atoms with Crippen molar-refractivity contribution in [1.29, 1.82) is 0 Å². The van der Waals surface area contributed by atoms with Crippen LogP contribution < -0.4 is 5.32 Å². The second-order valence-corrected chi connectivity index (χ2v) is 10.9. The first-order valence-electron chi connectivity index (χ1n) is 12.8. The summed E-state index contributed by atoms with van der Waals surface area (Å²) in [4.78, 5) is 18.2. The number of aromatic nitrogens is 1. The van der Waals surface area contributed by atoms with Crippen LogP contribution in [-0.2, 0) is 4.79 Å². The van der Waals surface area contributed by atoms with Crippen LogP contribution >= 0.6 is 23.2 Å². The van der Waals surface area contributed by atoms with Gasteiger partial charge in [-0.05, 0) is 105 Å². The van der Waals surface area contributed by atoms with Gasteiger partial charge in [0, 0.05) is 29.7 Å². The summed E-state index contributed by atoms with van der Waals surface area (Å²) < 4.78 is 0. The number of piperidine rings is 1. The topological polar surface area (TPSA) is 48.1 Å². The van der Waals surface area contributed by atoms with Gasteiger partial charge in [-0.15, -0.1) is 0 Å². The van der Waals surface area contributed by atoms with Crippen molar-refractivity contribution in [3.8, 4) is 0 Å². The van der Waals surface area contributed by atoms with Crippen LogP contribution in [0.5, 0.6) is 0 Å². The quantitative estimate of drug-likeness (QED) is 0.308. The molecule has 35 heavy (non-hydrogen) atoms. The number of carbonyl (C=O) groups excluding carboxylic acids is 1. The Balaban J connectivity index is 0.965. The van der Waals surface area contributed by atoms with Gasteiger partial charge in [0.05, 0.1) is 10.0 Å². The number of fused-ring (bicyclic) bond motifs is 1. The molecule has 1 aromatic heterocycles. The molecule has 0 bridgehead atoms. The highest BCUT2D eigenvalue weighted by Crippen LogP contribution is 2.44. The number of amides is 1. The monoisotopic (exact) mass is 509 g/mol. The first-order valence-corrected chi connectivity index (χ1v) is 13.5. The van der Waals surface area contributed by atoms with Gasteiger partial charge in [0.1, 0.15) is 0 Å².